The summed E-state index contributed by atoms with van der Waals surface area (Å²) in [5, 5.41) is 5.38. The van der Waals surface area contributed by atoms with Gasteiger partial charge in [0.15, 0.2) is 5.16 Å². The summed E-state index contributed by atoms with van der Waals surface area (Å²) in [5.41, 5.74) is 0.469. The van der Waals surface area contributed by atoms with Crippen molar-refractivity contribution in [3.63, 3.8) is 0 Å². The lowest BCUT2D eigenvalue weighted by molar-refractivity contribution is -0.119. The number of imide groups is 1. The second-order valence-electron chi connectivity index (χ2n) is 7.40. The second kappa shape index (κ2) is 10.4. The van der Waals surface area contributed by atoms with Crippen LogP contribution in [0, 0.1) is 0 Å². The standard InChI is InChI=1S/C20H29N5O3S/c1-13(2)21-19(28)23-17(26)14(3)29-20-22-16-10-7-6-9-15(16)18(27)25(20)12-8-11-24(4)5/h6-7,9-10,13-14H,8,11-12H2,1-5H3,(H2,21,23,26,28)/t14-/m1/s1. The van der Waals surface area contributed by atoms with Crippen molar-refractivity contribution in [2.75, 3.05) is 20.6 Å². The summed E-state index contributed by atoms with van der Waals surface area (Å²) in [6, 6.07) is 6.57. The van der Waals surface area contributed by atoms with E-state index in [1.165, 1.54) is 11.8 Å². The lowest BCUT2D eigenvalue weighted by Gasteiger charge is -2.17. The summed E-state index contributed by atoms with van der Waals surface area (Å²) in [5.74, 6) is -0.435. The highest BCUT2D eigenvalue weighted by molar-refractivity contribution is 8.00. The Kier molecular flexibility index (Phi) is 8.21. The van der Waals surface area contributed by atoms with Crippen LogP contribution in [0.3, 0.4) is 0 Å². The topological polar surface area (TPSA) is 96.3 Å². The Labute approximate surface area is 175 Å². The molecule has 1 aromatic heterocycles. The zero-order valence-corrected chi connectivity index (χ0v) is 18.4. The Morgan fingerprint density at radius 1 is 1.21 bits per heavy atom. The van der Waals surface area contributed by atoms with E-state index < -0.39 is 17.2 Å². The number of nitrogens with zero attached hydrogens (tertiary/aromatic N) is 3. The molecule has 0 bridgehead atoms. The molecule has 0 fully saturated rings. The Balaban J connectivity index is 2.26. The van der Waals surface area contributed by atoms with Crippen LogP contribution in [0.2, 0.25) is 0 Å². The van der Waals surface area contributed by atoms with Gasteiger partial charge in [-0.1, -0.05) is 23.9 Å². The van der Waals surface area contributed by atoms with Gasteiger partial charge in [-0.15, -0.1) is 0 Å². The van der Waals surface area contributed by atoms with Gasteiger partial charge in [0.05, 0.1) is 16.2 Å². The van der Waals surface area contributed by atoms with Gasteiger partial charge < -0.3 is 10.2 Å². The van der Waals surface area contributed by atoms with Gasteiger partial charge in [-0.25, -0.2) is 9.78 Å². The van der Waals surface area contributed by atoms with Crippen molar-refractivity contribution < 1.29 is 9.59 Å². The number of carbonyl (C=O) groups is 2. The quantitative estimate of drug-likeness (QED) is 0.502. The number of fused-ring (bicyclic) bond motifs is 1. The number of hydrogen-bond donors (Lipinski definition) is 2. The average molecular weight is 420 g/mol. The van der Waals surface area contributed by atoms with Crippen LogP contribution in [0.4, 0.5) is 4.79 Å². The van der Waals surface area contributed by atoms with Gasteiger partial charge in [0, 0.05) is 12.6 Å². The van der Waals surface area contributed by atoms with Crippen LogP contribution in [0.5, 0.6) is 0 Å². The molecule has 1 heterocycles. The summed E-state index contributed by atoms with van der Waals surface area (Å²) >= 11 is 1.17. The minimum absolute atomic E-state index is 0.0743. The molecule has 2 N–H and O–H groups in total. The first-order chi connectivity index (χ1) is 13.7. The van der Waals surface area contributed by atoms with E-state index in [9.17, 15) is 14.4 Å². The molecular formula is C20H29N5O3S. The molecular weight excluding hydrogens is 390 g/mol. The number of amides is 3. The van der Waals surface area contributed by atoms with Crippen molar-refractivity contribution in [2.24, 2.45) is 0 Å². The zero-order valence-electron chi connectivity index (χ0n) is 17.6. The summed E-state index contributed by atoms with van der Waals surface area (Å²) in [7, 11) is 3.96. The zero-order chi connectivity index (χ0) is 21.6. The van der Waals surface area contributed by atoms with Crippen molar-refractivity contribution in [2.45, 2.75) is 50.2 Å². The van der Waals surface area contributed by atoms with Gasteiger partial charge in [0.1, 0.15) is 0 Å². The maximum atomic E-state index is 13.0. The number of benzene rings is 1. The highest BCUT2D eigenvalue weighted by Crippen LogP contribution is 2.23. The molecule has 9 heteroatoms. The number of thioether (sulfide) groups is 1. The van der Waals surface area contributed by atoms with Crippen LogP contribution in [-0.2, 0) is 11.3 Å². The van der Waals surface area contributed by atoms with Crippen molar-refractivity contribution in [1.82, 2.24) is 25.1 Å². The number of para-hydroxylation sites is 1. The smallest absolute Gasteiger partial charge is 0.321 e. The summed E-state index contributed by atoms with van der Waals surface area (Å²) in [4.78, 5) is 43.9. The highest BCUT2D eigenvalue weighted by atomic mass is 32.2. The SMILES string of the molecule is CC(C)NC(=O)NC(=O)[C@@H](C)Sc1nc2ccccc2c(=O)n1CCCN(C)C. The van der Waals surface area contributed by atoms with Crippen molar-refractivity contribution in [1.29, 1.82) is 0 Å². The van der Waals surface area contributed by atoms with E-state index in [0.717, 1.165) is 13.0 Å². The van der Waals surface area contributed by atoms with Crippen molar-refractivity contribution in [3.05, 3.63) is 34.6 Å². The summed E-state index contributed by atoms with van der Waals surface area (Å²) < 4.78 is 1.62. The Hall–Kier alpha value is -2.39. The van der Waals surface area contributed by atoms with Gasteiger partial charge >= 0.3 is 6.03 Å². The highest BCUT2D eigenvalue weighted by Gasteiger charge is 2.21. The van der Waals surface area contributed by atoms with E-state index in [4.69, 9.17) is 0 Å². The molecule has 1 atom stereocenters. The van der Waals surface area contributed by atoms with Crippen LogP contribution in [-0.4, -0.2) is 58.3 Å². The van der Waals surface area contributed by atoms with Crippen molar-refractivity contribution >= 4 is 34.6 Å². The predicted molar refractivity (Wildman–Crippen MR) is 116 cm³/mol. The van der Waals surface area contributed by atoms with E-state index in [-0.39, 0.29) is 11.6 Å². The Bertz CT molecular complexity index is 926. The average Bonchev–Trinajstić information content (AvgIpc) is 2.63. The molecule has 0 saturated heterocycles. The predicted octanol–water partition coefficient (Wildman–Crippen LogP) is 2.06. The fourth-order valence-electron chi connectivity index (χ4n) is 2.70. The summed E-state index contributed by atoms with van der Waals surface area (Å²) in [6.45, 7) is 6.64. The largest absolute Gasteiger partial charge is 0.336 e. The van der Waals surface area contributed by atoms with Crippen LogP contribution < -0.4 is 16.2 Å². The van der Waals surface area contributed by atoms with E-state index in [0.29, 0.717) is 22.6 Å². The molecule has 29 heavy (non-hydrogen) atoms. The van der Waals surface area contributed by atoms with Gasteiger partial charge in [-0.05, 0) is 60.0 Å². The minimum atomic E-state index is -0.596. The summed E-state index contributed by atoms with van der Waals surface area (Å²) in [6.07, 6.45) is 0.776. The lowest BCUT2D eigenvalue weighted by Crippen LogP contribution is -2.45. The van der Waals surface area contributed by atoms with E-state index >= 15 is 0 Å². The number of urea groups is 1. The molecule has 2 rings (SSSR count). The van der Waals surface area contributed by atoms with Gasteiger partial charge in [-0.2, -0.15) is 0 Å². The first-order valence-corrected chi connectivity index (χ1v) is 10.5. The molecule has 0 aliphatic carbocycles. The molecule has 0 saturated carbocycles. The van der Waals surface area contributed by atoms with Gasteiger partial charge in [0.25, 0.3) is 5.56 Å². The molecule has 2 aromatic rings. The molecule has 0 spiro atoms. The van der Waals surface area contributed by atoms with Crippen LogP contribution in [0.15, 0.2) is 34.2 Å². The third-order valence-electron chi connectivity index (χ3n) is 4.12. The lowest BCUT2D eigenvalue weighted by atomic mass is 10.2. The van der Waals surface area contributed by atoms with Crippen LogP contribution in [0.1, 0.15) is 27.2 Å². The molecule has 0 aliphatic rings. The van der Waals surface area contributed by atoms with Crippen LogP contribution in [0.25, 0.3) is 10.9 Å². The Morgan fingerprint density at radius 3 is 2.55 bits per heavy atom. The maximum absolute atomic E-state index is 13.0. The van der Waals surface area contributed by atoms with E-state index in [2.05, 4.69) is 20.5 Å². The van der Waals surface area contributed by atoms with E-state index in [1.807, 2.05) is 40.1 Å². The molecule has 158 valence electrons. The maximum Gasteiger partial charge on any atom is 0.321 e. The third-order valence-corrected chi connectivity index (χ3v) is 5.21. The number of hydrogen-bond acceptors (Lipinski definition) is 6. The number of aromatic nitrogens is 2. The monoisotopic (exact) mass is 419 g/mol. The number of carbonyl (C=O) groups excluding carboxylic acids is 2. The normalized spacial score (nSPS) is 12.4. The van der Waals surface area contributed by atoms with Crippen LogP contribution >= 0.6 is 11.8 Å². The number of nitrogens with one attached hydrogen (secondary N) is 2. The Morgan fingerprint density at radius 2 is 1.90 bits per heavy atom. The van der Waals surface area contributed by atoms with E-state index in [1.54, 1.807) is 23.6 Å². The minimum Gasteiger partial charge on any atom is -0.336 e. The fourth-order valence-corrected chi connectivity index (χ4v) is 3.64. The first-order valence-electron chi connectivity index (χ1n) is 9.61. The molecule has 0 aliphatic heterocycles. The second-order valence-corrected chi connectivity index (χ2v) is 8.71. The molecule has 8 nitrogen and oxygen atoms in total. The molecule has 0 unspecified atom stereocenters. The molecule has 0 radical (unpaired) electrons. The van der Waals surface area contributed by atoms with Crippen molar-refractivity contribution in [3.8, 4) is 0 Å². The van der Waals surface area contributed by atoms with Gasteiger partial charge in [-0.3, -0.25) is 19.5 Å². The molecule has 1 aromatic carbocycles. The first kappa shape index (κ1) is 22.9. The third kappa shape index (κ3) is 6.57. The molecule has 3 amide bonds. The van der Waals surface area contributed by atoms with Gasteiger partial charge in [0.2, 0.25) is 5.91 Å². The number of rotatable bonds is 8. The fraction of sp³-hybridized carbons (Fsp3) is 0.500.